The highest BCUT2D eigenvalue weighted by Gasteiger charge is 2.23. The van der Waals surface area contributed by atoms with Crippen molar-refractivity contribution in [1.82, 2.24) is 0 Å². The number of rotatable bonds is 7. The summed E-state index contributed by atoms with van der Waals surface area (Å²) in [5.41, 5.74) is 3.41. The van der Waals surface area contributed by atoms with Crippen LogP contribution >= 0.6 is 0 Å². The second kappa shape index (κ2) is 7.85. The molecule has 3 heteroatoms. The summed E-state index contributed by atoms with van der Waals surface area (Å²) in [6, 6.07) is 14.1. The van der Waals surface area contributed by atoms with Gasteiger partial charge in [0, 0.05) is 18.1 Å². The maximum Gasteiger partial charge on any atom is 0.126 e. The molecule has 0 saturated carbocycles. The lowest BCUT2D eigenvalue weighted by atomic mass is 9.85. The monoisotopic (exact) mass is 300 g/mol. The Morgan fingerprint density at radius 2 is 1.77 bits per heavy atom. The van der Waals surface area contributed by atoms with Gasteiger partial charge in [-0.3, -0.25) is 0 Å². The molecule has 0 aliphatic heterocycles. The van der Waals surface area contributed by atoms with Gasteiger partial charge in [-0.05, 0) is 43.5 Å². The molecule has 1 atom stereocenters. The number of methoxy groups -OCH3 is 1. The maximum absolute atomic E-state index is 9.55. The van der Waals surface area contributed by atoms with E-state index in [4.69, 9.17) is 9.47 Å². The van der Waals surface area contributed by atoms with Crippen LogP contribution in [0.25, 0.3) is 0 Å². The van der Waals surface area contributed by atoms with E-state index in [1.165, 1.54) is 11.1 Å². The van der Waals surface area contributed by atoms with Crippen molar-refractivity contribution in [2.24, 2.45) is 0 Å². The summed E-state index contributed by atoms with van der Waals surface area (Å²) in [4.78, 5) is 0. The average molecular weight is 300 g/mol. The van der Waals surface area contributed by atoms with Crippen LogP contribution in [0.3, 0.4) is 0 Å². The second-order valence-corrected chi connectivity index (χ2v) is 5.23. The van der Waals surface area contributed by atoms with Crippen LogP contribution < -0.4 is 9.47 Å². The second-order valence-electron chi connectivity index (χ2n) is 5.23. The third-order valence-electron chi connectivity index (χ3n) is 3.88. The van der Waals surface area contributed by atoms with E-state index in [9.17, 15) is 5.11 Å². The van der Waals surface area contributed by atoms with Gasteiger partial charge in [-0.25, -0.2) is 0 Å². The predicted octanol–water partition coefficient (Wildman–Crippen LogP) is 3.92. The molecule has 1 N–H and O–H groups in total. The van der Waals surface area contributed by atoms with Gasteiger partial charge in [-0.1, -0.05) is 30.3 Å². The van der Waals surface area contributed by atoms with Crippen LogP contribution in [-0.4, -0.2) is 25.4 Å². The molecule has 0 saturated heterocycles. The molecule has 0 radical (unpaired) electrons. The van der Waals surface area contributed by atoms with E-state index in [0.29, 0.717) is 13.0 Å². The first-order chi connectivity index (χ1) is 10.7. The van der Waals surface area contributed by atoms with Crippen molar-refractivity contribution in [3.05, 3.63) is 59.2 Å². The number of hydrogen-bond donors (Lipinski definition) is 1. The Balaban J connectivity index is 2.59. The summed E-state index contributed by atoms with van der Waals surface area (Å²) in [5, 5.41) is 9.55. The normalized spacial score (nSPS) is 12.0. The van der Waals surface area contributed by atoms with Crippen LogP contribution in [0.4, 0.5) is 0 Å². The minimum absolute atomic E-state index is 0.0453. The fourth-order valence-corrected chi connectivity index (χ4v) is 2.89. The van der Waals surface area contributed by atoms with E-state index in [1.807, 2.05) is 37.3 Å². The Morgan fingerprint density at radius 3 is 2.41 bits per heavy atom. The van der Waals surface area contributed by atoms with Gasteiger partial charge in [0.25, 0.3) is 0 Å². The summed E-state index contributed by atoms with van der Waals surface area (Å²) >= 11 is 0. The number of ether oxygens (including phenoxy) is 2. The van der Waals surface area contributed by atoms with E-state index in [0.717, 1.165) is 17.1 Å². The number of aryl methyl sites for hydroxylation is 1. The van der Waals surface area contributed by atoms with Crippen LogP contribution in [0.5, 0.6) is 11.5 Å². The van der Waals surface area contributed by atoms with Crippen molar-refractivity contribution in [1.29, 1.82) is 0 Å². The van der Waals surface area contributed by atoms with Crippen LogP contribution in [0.1, 0.15) is 36.0 Å². The highest BCUT2D eigenvalue weighted by molar-refractivity contribution is 5.52. The van der Waals surface area contributed by atoms with E-state index in [1.54, 1.807) is 7.11 Å². The largest absolute Gasteiger partial charge is 0.496 e. The minimum Gasteiger partial charge on any atom is -0.496 e. The third kappa shape index (κ3) is 3.42. The summed E-state index contributed by atoms with van der Waals surface area (Å²) in [7, 11) is 1.67. The van der Waals surface area contributed by atoms with Gasteiger partial charge in [0.05, 0.1) is 13.7 Å². The van der Waals surface area contributed by atoms with E-state index in [-0.39, 0.29) is 12.5 Å². The highest BCUT2D eigenvalue weighted by atomic mass is 16.5. The molecule has 0 aliphatic rings. The van der Waals surface area contributed by atoms with Crippen molar-refractivity contribution < 1.29 is 14.6 Å². The summed E-state index contributed by atoms with van der Waals surface area (Å²) in [6.45, 7) is 4.77. The summed E-state index contributed by atoms with van der Waals surface area (Å²) in [5.74, 6) is 1.67. The molecule has 0 bridgehead atoms. The smallest absolute Gasteiger partial charge is 0.126 e. The Morgan fingerprint density at radius 1 is 1.05 bits per heavy atom. The summed E-state index contributed by atoms with van der Waals surface area (Å²) < 4.78 is 11.4. The lowest BCUT2D eigenvalue weighted by Gasteiger charge is -2.24. The third-order valence-corrected chi connectivity index (χ3v) is 3.88. The molecule has 22 heavy (non-hydrogen) atoms. The molecule has 2 aromatic rings. The number of aliphatic hydroxyl groups excluding tert-OH is 1. The fraction of sp³-hybridized carbons (Fsp3) is 0.368. The van der Waals surface area contributed by atoms with Gasteiger partial charge < -0.3 is 14.6 Å². The molecule has 2 aromatic carbocycles. The molecule has 0 heterocycles. The quantitative estimate of drug-likeness (QED) is 0.842. The molecular formula is C19H24O3. The molecule has 0 amide bonds. The molecular weight excluding hydrogens is 276 g/mol. The molecule has 0 spiro atoms. The molecule has 0 fully saturated rings. The fourth-order valence-electron chi connectivity index (χ4n) is 2.89. The van der Waals surface area contributed by atoms with Gasteiger partial charge in [0.1, 0.15) is 11.5 Å². The van der Waals surface area contributed by atoms with E-state index >= 15 is 0 Å². The minimum atomic E-state index is 0.0453. The van der Waals surface area contributed by atoms with Crippen LogP contribution in [0.2, 0.25) is 0 Å². The SMILES string of the molecule is CCOc1cccc(OC)c1C(CCO)c1ccccc1C. The topological polar surface area (TPSA) is 38.7 Å². The molecule has 0 aliphatic carbocycles. The first-order valence-corrected chi connectivity index (χ1v) is 7.69. The lowest BCUT2D eigenvalue weighted by molar-refractivity contribution is 0.276. The van der Waals surface area contributed by atoms with Gasteiger partial charge in [-0.2, -0.15) is 0 Å². The lowest BCUT2D eigenvalue weighted by Crippen LogP contribution is -2.10. The van der Waals surface area contributed by atoms with Gasteiger partial charge in [-0.15, -0.1) is 0 Å². The Labute approximate surface area is 132 Å². The zero-order valence-electron chi connectivity index (χ0n) is 13.5. The molecule has 0 aromatic heterocycles. The van der Waals surface area contributed by atoms with Crippen LogP contribution in [-0.2, 0) is 0 Å². The van der Waals surface area contributed by atoms with Crippen molar-refractivity contribution in [3.63, 3.8) is 0 Å². The number of aliphatic hydroxyl groups is 1. The molecule has 118 valence electrons. The highest BCUT2D eigenvalue weighted by Crippen LogP contribution is 2.41. The van der Waals surface area contributed by atoms with Crippen molar-refractivity contribution in [3.8, 4) is 11.5 Å². The molecule has 1 unspecified atom stereocenters. The van der Waals surface area contributed by atoms with Crippen molar-refractivity contribution in [2.75, 3.05) is 20.3 Å². The van der Waals surface area contributed by atoms with E-state index in [2.05, 4.69) is 19.1 Å². The van der Waals surface area contributed by atoms with E-state index < -0.39 is 0 Å². The van der Waals surface area contributed by atoms with Gasteiger partial charge in [0.15, 0.2) is 0 Å². The molecule has 2 rings (SSSR count). The Bertz CT molecular complexity index is 607. The number of hydrogen-bond acceptors (Lipinski definition) is 3. The van der Waals surface area contributed by atoms with Crippen molar-refractivity contribution >= 4 is 0 Å². The van der Waals surface area contributed by atoms with Crippen LogP contribution in [0.15, 0.2) is 42.5 Å². The maximum atomic E-state index is 9.55. The van der Waals surface area contributed by atoms with Crippen molar-refractivity contribution in [2.45, 2.75) is 26.2 Å². The van der Waals surface area contributed by atoms with Gasteiger partial charge >= 0.3 is 0 Å². The molecule has 3 nitrogen and oxygen atoms in total. The average Bonchev–Trinajstić information content (AvgIpc) is 2.54. The number of benzene rings is 2. The zero-order valence-corrected chi connectivity index (χ0v) is 13.5. The van der Waals surface area contributed by atoms with Crippen LogP contribution in [0, 0.1) is 6.92 Å². The standard InChI is InChI=1S/C19H24O3/c1-4-22-18-11-7-10-17(21-3)19(18)16(12-13-20)15-9-6-5-8-14(15)2/h5-11,16,20H,4,12-13H2,1-3H3. The first kappa shape index (κ1) is 16.4. The van der Waals surface area contributed by atoms with Gasteiger partial charge in [0.2, 0.25) is 0 Å². The first-order valence-electron chi connectivity index (χ1n) is 7.69. The predicted molar refractivity (Wildman–Crippen MR) is 88.9 cm³/mol. The zero-order chi connectivity index (χ0) is 15.9. The Hall–Kier alpha value is -2.00. The Kier molecular flexibility index (Phi) is 5.84. The summed E-state index contributed by atoms with van der Waals surface area (Å²) in [6.07, 6.45) is 0.630.